The van der Waals surface area contributed by atoms with Crippen molar-refractivity contribution < 1.29 is 10.2 Å². The molecule has 1 heterocycles. The van der Waals surface area contributed by atoms with Crippen LogP contribution in [0.3, 0.4) is 0 Å². The number of rotatable bonds is 1. The molecule has 0 bridgehead atoms. The van der Waals surface area contributed by atoms with Gasteiger partial charge in [0.1, 0.15) is 0 Å². The van der Waals surface area contributed by atoms with Gasteiger partial charge in [0.05, 0.1) is 6.10 Å². The molecule has 0 aromatic heterocycles. The molecule has 0 radical (unpaired) electrons. The molecule has 0 saturated carbocycles. The fraction of sp³-hybridized carbons (Fsp3) is 1.00. The van der Waals surface area contributed by atoms with Crippen LogP contribution >= 0.6 is 0 Å². The van der Waals surface area contributed by atoms with Gasteiger partial charge >= 0.3 is 0 Å². The van der Waals surface area contributed by atoms with E-state index in [0.29, 0.717) is 6.54 Å². The summed E-state index contributed by atoms with van der Waals surface area (Å²) in [6.07, 6.45) is -0.333. The zero-order valence-corrected chi connectivity index (χ0v) is 4.67. The Kier molecular flexibility index (Phi) is 1.83. The van der Waals surface area contributed by atoms with Gasteiger partial charge in [0.15, 0.2) is 0 Å². The second-order valence-corrected chi connectivity index (χ2v) is 2.17. The monoisotopic (exact) mass is 117 g/mol. The molecule has 1 aliphatic rings. The van der Waals surface area contributed by atoms with Gasteiger partial charge in [-0.2, -0.15) is 0 Å². The van der Waals surface area contributed by atoms with Gasteiger partial charge < -0.3 is 15.5 Å². The summed E-state index contributed by atoms with van der Waals surface area (Å²) in [5, 5.41) is 20.5. The van der Waals surface area contributed by atoms with Crippen LogP contribution in [0.2, 0.25) is 0 Å². The van der Waals surface area contributed by atoms with Crippen molar-refractivity contribution >= 4 is 0 Å². The largest absolute Gasteiger partial charge is 0.396 e. The summed E-state index contributed by atoms with van der Waals surface area (Å²) in [5.41, 5.74) is 0. The van der Waals surface area contributed by atoms with E-state index in [0.717, 1.165) is 6.54 Å². The lowest BCUT2D eigenvalue weighted by Crippen LogP contribution is -2.20. The second-order valence-electron chi connectivity index (χ2n) is 2.17. The maximum atomic E-state index is 8.97. The molecule has 0 aromatic carbocycles. The van der Waals surface area contributed by atoms with Crippen molar-refractivity contribution in [3.05, 3.63) is 0 Å². The van der Waals surface area contributed by atoms with E-state index < -0.39 is 0 Å². The Morgan fingerprint density at radius 3 is 2.50 bits per heavy atom. The predicted octanol–water partition coefficient (Wildman–Crippen LogP) is -1.44. The Bertz CT molecular complexity index is 76.8. The molecule has 0 aromatic rings. The Labute approximate surface area is 48.3 Å². The SMILES string of the molecule is OC[C@H]1CNCC1O. The first-order valence-corrected chi connectivity index (χ1v) is 2.84. The van der Waals surface area contributed by atoms with Crippen LogP contribution in [0.25, 0.3) is 0 Å². The van der Waals surface area contributed by atoms with E-state index in [1.54, 1.807) is 0 Å². The molecule has 1 aliphatic heterocycles. The van der Waals surface area contributed by atoms with Crippen LogP contribution in [0.5, 0.6) is 0 Å². The number of hydrogen-bond donors (Lipinski definition) is 3. The zero-order valence-electron chi connectivity index (χ0n) is 4.67. The van der Waals surface area contributed by atoms with Gasteiger partial charge in [0, 0.05) is 25.6 Å². The number of aliphatic hydroxyl groups excluding tert-OH is 2. The summed E-state index contributed by atoms with van der Waals surface area (Å²) in [6, 6.07) is 0. The first kappa shape index (κ1) is 6.01. The average Bonchev–Trinajstić information content (AvgIpc) is 2.14. The molecule has 1 saturated heterocycles. The number of hydrogen-bond acceptors (Lipinski definition) is 3. The van der Waals surface area contributed by atoms with E-state index in [9.17, 15) is 0 Å². The molecule has 3 N–H and O–H groups in total. The quantitative estimate of drug-likeness (QED) is 0.394. The summed E-state index contributed by atoms with van der Waals surface area (Å²) < 4.78 is 0. The van der Waals surface area contributed by atoms with Crippen LogP contribution in [0.15, 0.2) is 0 Å². The third-order valence-electron chi connectivity index (χ3n) is 1.54. The second kappa shape index (κ2) is 2.44. The van der Waals surface area contributed by atoms with Gasteiger partial charge in [0.2, 0.25) is 0 Å². The van der Waals surface area contributed by atoms with E-state index >= 15 is 0 Å². The third-order valence-corrected chi connectivity index (χ3v) is 1.54. The lowest BCUT2D eigenvalue weighted by molar-refractivity contribution is 0.104. The molecule has 0 aliphatic carbocycles. The summed E-state index contributed by atoms with van der Waals surface area (Å²) in [4.78, 5) is 0. The minimum absolute atomic E-state index is 0.0648. The lowest BCUT2D eigenvalue weighted by Gasteiger charge is -2.06. The van der Waals surface area contributed by atoms with Gasteiger partial charge in [-0.25, -0.2) is 0 Å². The van der Waals surface area contributed by atoms with E-state index in [1.807, 2.05) is 0 Å². The van der Waals surface area contributed by atoms with Crippen molar-refractivity contribution in [2.75, 3.05) is 19.7 Å². The normalized spacial score (nSPS) is 38.2. The molecule has 0 amide bonds. The van der Waals surface area contributed by atoms with E-state index in [2.05, 4.69) is 5.32 Å². The first-order chi connectivity index (χ1) is 3.84. The first-order valence-electron chi connectivity index (χ1n) is 2.84. The maximum absolute atomic E-state index is 8.97. The highest BCUT2D eigenvalue weighted by atomic mass is 16.3. The molecular weight excluding hydrogens is 106 g/mol. The summed E-state index contributed by atoms with van der Waals surface area (Å²) in [7, 11) is 0. The molecule has 1 rings (SSSR count). The third kappa shape index (κ3) is 0.992. The molecule has 2 atom stereocenters. The smallest absolute Gasteiger partial charge is 0.0726 e. The van der Waals surface area contributed by atoms with Crippen molar-refractivity contribution in [1.29, 1.82) is 0 Å². The molecule has 1 unspecified atom stereocenters. The molecule has 3 heteroatoms. The van der Waals surface area contributed by atoms with Crippen LogP contribution in [0.4, 0.5) is 0 Å². The predicted molar refractivity (Wildman–Crippen MR) is 29.5 cm³/mol. The summed E-state index contributed by atoms with van der Waals surface area (Å²) in [6.45, 7) is 1.47. The van der Waals surface area contributed by atoms with E-state index in [1.165, 1.54) is 0 Å². The van der Waals surface area contributed by atoms with Crippen molar-refractivity contribution in [1.82, 2.24) is 5.32 Å². The fourth-order valence-electron chi connectivity index (χ4n) is 0.906. The Morgan fingerprint density at radius 2 is 2.25 bits per heavy atom. The van der Waals surface area contributed by atoms with Crippen LogP contribution < -0.4 is 5.32 Å². The van der Waals surface area contributed by atoms with Crippen molar-refractivity contribution in [2.24, 2.45) is 5.92 Å². The molecule has 48 valence electrons. The highest BCUT2D eigenvalue weighted by molar-refractivity contribution is 4.79. The van der Waals surface area contributed by atoms with Gasteiger partial charge in [-0.15, -0.1) is 0 Å². The number of aliphatic hydroxyl groups is 2. The minimum Gasteiger partial charge on any atom is -0.396 e. The standard InChI is InChI=1S/C5H11NO2/c7-3-4-1-6-2-5(4)8/h4-8H,1-3H2/t4-,5?/m1/s1. The highest BCUT2D eigenvalue weighted by Gasteiger charge is 2.23. The van der Waals surface area contributed by atoms with Crippen LogP contribution in [-0.4, -0.2) is 36.0 Å². The number of β-amino-alcohol motifs (C(OH)–C–C–N with tert-alkyl or cyclic N) is 1. The topological polar surface area (TPSA) is 52.5 Å². The van der Waals surface area contributed by atoms with Gasteiger partial charge in [-0.1, -0.05) is 0 Å². The molecular formula is C5H11NO2. The molecule has 8 heavy (non-hydrogen) atoms. The van der Waals surface area contributed by atoms with Crippen LogP contribution in [0, 0.1) is 5.92 Å². The Hall–Kier alpha value is -0.120. The van der Waals surface area contributed by atoms with Crippen LogP contribution in [0.1, 0.15) is 0 Å². The van der Waals surface area contributed by atoms with Crippen molar-refractivity contribution in [3.8, 4) is 0 Å². The highest BCUT2D eigenvalue weighted by Crippen LogP contribution is 2.05. The van der Waals surface area contributed by atoms with Crippen LogP contribution in [-0.2, 0) is 0 Å². The van der Waals surface area contributed by atoms with Crippen molar-refractivity contribution in [3.63, 3.8) is 0 Å². The Balaban J connectivity index is 2.30. The maximum Gasteiger partial charge on any atom is 0.0726 e. The lowest BCUT2D eigenvalue weighted by atomic mass is 10.1. The van der Waals surface area contributed by atoms with E-state index in [-0.39, 0.29) is 18.6 Å². The summed E-state index contributed by atoms with van der Waals surface area (Å²) >= 11 is 0. The average molecular weight is 117 g/mol. The molecule has 1 fully saturated rings. The van der Waals surface area contributed by atoms with Gasteiger partial charge in [-0.3, -0.25) is 0 Å². The van der Waals surface area contributed by atoms with Gasteiger partial charge in [-0.05, 0) is 0 Å². The number of nitrogens with one attached hydrogen (secondary N) is 1. The summed E-state index contributed by atoms with van der Waals surface area (Å²) in [5.74, 6) is 0.0648. The van der Waals surface area contributed by atoms with E-state index in [4.69, 9.17) is 10.2 Å². The fourth-order valence-corrected chi connectivity index (χ4v) is 0.906. The van der Waals surface area contributed by atoms with Crippen molar-refractivity contribution in [2.45, 2.75) is 6.10 Å². The molecule has 0 spiro atoms. The Morgan fingerprint density at radius 1 is 1.50 bits per heavy atom. The minimum atomic E-state index is -0.333. The zero-order chi connectivity index (χ0) is 5.98. The molecule has 3 nitrogen and oxygen atoms in total. The van der Waals surface area contributed by atoms with Gasteiger partial charge in [0.25, 0.3) is 0 Å².